The normalized spacial score (nSPS) is 14.0. The summed E-state index contributed by atoms with van der Waals surface area (Å²) in [5.41, 5.74) is 11.5. The molecular formula is C22H31N5O8. The molecule has 0 spiro atoms. The minimum Gasteiger partial charge on any atom is -0.481 e. The number of amides is 4. The molecule has 0 aliphatic heterocycles. The maximum Gasteiger partial charge on any atom is 0.325 e. The molecule has 1 aromatic carbocycles. The minimum absolute atomic E-state index is 0.0136. The Kier molecular flexibility index (Phi) is 11.9. The Hall–Kier alpha value is -4.00. The van der Waals surface area contributed by atoms with Crippen LogP contribution >= 0.6 is 0 Å². The molecule has 4 unspecified atom stereocenters. The summed E-state index contributed by atoms with van der Waals surface area (Å²) in [6.45, 7) is 1.21. The van der Waals surface area contributed by atoms with Crippen LogP contribution < -0.4 is 27.4 Å². The first-order valence-electron chi connectivity index (χ1n) is 10.8. The van der Waals surface area contributed by atoms with Crippen LogP contribution in [0.5, 0.6) is 0 Å². The smallest absolute Gasteiger partial charge is 0.325 e. The number of carbonyl (C=O) groups excluding carboxylic acids is 4. The fourth-order valence-electron chi connectivity index (χ4n) is 2.95. The summed E-state index contributed by atoms with van der Waals surface area (Å²) in [5, 5.41) is 25.1. The highest BCUT2D eigenvalue weighted by molar-refractivity contribution is 5.94. The number of hydrogen-bond acceptors (Lipinski definition) is 7. The van der Waals surface area contributed by atoms with Crippen molar-refractivity contribution in [1.29, 1.82) is 0 Å². The Balaban J connectivity index is 3.06. The van der Waals surface area contributed by atoms with Gasteiger partial charge < -0.3 is 37.6 Å². The van der Waals surface area contributed by atoms with Crippen molar-refractivity contribution in [2.75, 3.05) is 0 Å². The highest BCUT2D eigenvalue weighted by Crippen LogP contribution is 2.07. The molecule has 13 nitrogen and oxygen atoms in total. The predicted octanol–water partition coefficient (Wildman–Crippen LogP) is -1.75. The van der Waals surface area contributed by atoms with E-state index in [4.69, 9.17) is 21.7 Å². The number of hydrogen-bond donors (Lipinski definition) is 7. The number of benzene rings is 1. The van der Waals surface area contributed by atoms with E-state index in [0.717, 1.165) is 0 Å². The number of nitrogens with one attached hydrogen (secondary N) is 3. The van der Waals surface area contributed by atoms with E-state index in [1.54, 1.807) is 30.3 Å². The average molecular weight is 494 g/mol. The second-order valence-electron chi connectivity index (χ2n) is 7.92. The minimum atomic E-state index is -1.38. The number of rotatable bonds is 15. The molecule has 0 aromatic heterocycles. The van der Waals surface area contributed by atoms with Gasteiger partial charge in [0.25, 0.3) is 0 Å². The third kappa shape index (κ3) is 11.1. The van der Waals surface area contributed by atoms with E-state index in [-0.39, 0.29) is 25.7 Å². The Morgan fingerprint density at radius 3 is 1.94 bits per heavy atom. The fourth-order valence-corrected chi connectivity index (χ4v) is 2.95. The number of carboxylic acids is 2. The lowest BCUT2D eigenvalue weighted by Gasteiger charge is -2.24. The van der Waals surface area contributed by atoms with Crippen LogP contribution in [0.3, 0.4) is 0 Å². The zero-order valence-corrected chi connectivity index (χ0v) is 19.2. The molecule has 192 valence electrons. The molecule has 4 atom stereocenters. The fraction of sp³-hybridized carbons (Fsp3) is 0.455. The van der Waals surface area contributed by atoms with Crippen molar-refractivity contribution in [3.8, 4) is 0 Å². The van der Waals surface area contributed by atoms with Crippen LogP contribution in [0.25, 0.3) is 0 Å². The largest absolute Gasteiger partial charge is 0.481 e. The monoisotopic (exact) mass is 493 g/mol. The summed E-state index contributed by atoms with van der Waals surface area (Å²) in [6.07, 6.45) is -0.961. The van der Waals surface area contributed by atoms with Crippen molar-refractivity contribution in [3.63, 3.8) is 0 Å². The Morgan fingerprint density at radius 1 is 0.829 bits per heavy atom. The van der Waals surface area contributed by atoms with E-state index >= 15 is 0 Å². The highest BCUT2D eigenvalue weighted by atomic mass is 16.4. The standard InChI is InChI=1S/C22H31N5O8/c1-12(22(34)35)25-20(32)15(8-10-18(29)30)26-21(33)16(11-13-5-3-2-4-6-13)27-19(31)14(23)7-9-17(24)28/h2-6,12,14-16H,7-11,23H2,1H3,(H2,24,28)(H,25,32)(H,26,33)(H,27,31)(H,29,30)(H,34,35). The third-order valence-corrected chi connectivity index (χ3v) is 4.96. The quantitative estimate of drug-likeness (QED) is 0.146. The van der Waals surface area contributed by atoms with E-state index in [0.29, 0.717) is 5.56 Å². The molecule has 4 amide bonds. The first-order chi connectivity index (χ1) is 16.4. The van der Waals surface area contributed by atoms with E-state index < -0.39 is 66.2 Å². The van der Waals surface area contributed by atoms with Crippen LogP contribution in [0, 0.1) is 0 Å². The Morgan fingerprint density at radius 2 is 1.40 bits per heavy atom. The lowest BCUT2D eigenvalue weighted by molar-refractivity contribution is -0.142. The summed E-state index contributed by atoms with van der Waals surface area (Å²) < 4.78 is 0. The van der Waals surface area contributed by atoms with Crippen LogP contribution in [0.4, 0.5) is 0 Å². The average Bonchev–Trinajstić information content (AvgIpc) is 2.79. The lowest BCUT2D eigenvalue weighted by atomic mass is 10.0. The van der Waals surface area contributed by atoms with Gasteiger partial charge in [0, 0.05) is 19.3 Å². The first kappa shape index (κ1) is 29.0. The topological polar surface area (TPSA) is 231 Å². The number of carbonyl (C=O) groups is 6. The zero-order chi connectivity index (χ0) is 26.5. The summed E-state index contributed by atoms with van der Waals surface area (Å²) in [4.78, 5) is 71.1. The van der Waals surface area contributed by atoms with Crippen molar-refractivity contribution in [1.82, 2.24) is 16.0 Å². The Bertz CT molecular complexity index is 924. The van der Waals surface area contributed by atoms with E-state index in [2.05, 4.69) is 16.0 Å². The number of carboxylic acid groups (broad SMARTS) is 2. The molecule has 0 saturated heterocycles. The summed E-state index contributed by atoms with van der Waals surface area (Å²) in [5.74, 6) is -5.61. The zero-order valence-electron chi connectivity index (χ0n) is 19.2. The molecule has 0 bridgehead atoms. The molecule has 0 aliphatic carbocycles. The molecule has 1 rings (SSSR count). The van der Waals surface area contributed by atoms with Gasteiger partial charge in [0.15, 0.2) is 0 Å². The predicted molar refractivity (Wildman–Crippen MR) is 123 cm³/mol. The van der Waals surface area contributed by atoms with Crippen molar-refractivity contribution in [2.24, 2.45) is 11.5 Å². The Labute approximate surface area is 201 Å². The summed E-state index contributed by atoms with van der Waals surface area (Å²) >= 11 is 0. The molecule has 0 fully saturated rings. The molecule has 35 heavy (non-hydrogen) atoms. The SMILES string of the molecule is CC(NC(=O)C(CCC(=O)O)NC(=O)C(Cc1ccccc1)NC(=O)C(N)CCC(N)=O)C(=O)O. The molecule has 0 heterocycles. The second-order valence-corrected chi connectivity index (χ2v) is 7.92. The van der Waals surface area contributed by atoms with Crippen LogP contribution in [-0.2, 0) is 35.2 Å². The van der Waals surface area contributed by atoms with Gasteiger partial charge in [-0.05, 0) is 25.3 Å². The van der Waals surface area contributed by atoms with Gasteiger partial charge in [-0.15, -0.1) is 0 Å². The van der Waals surface area contributed by atoms with Gasteiger partial charge in [-0.3, -0.25) is 28.8 Å². The summed E-state index contributed by atoms with van der Waals surface area (Å²) in [7, 11) is 0. The maximum atomic E-state index is 13.1. The van der Waals surface area contributed by atoms with Gasteiger partial charge in [0.2, 0.25) is 23.6 Å². The molecule has 9 N–H and O–H groups in total. The number of nitrogens with two attached hydrogens (primary N) is 2. The van der Waals surface area contributed by atoms with Crippen molar-refractivity contribution >= 4 is 35.6 Å². The molecular weight excluding hydrogens is 462 g/mol. The van der Waals surface area contributed by atoms with E-state index in [1.807, 2.05) is 0 Å². The summed E-state index contributed by atoms with van der Waals surface area (Å²) in [6, 6.07) is 3.63. The van der Waals surface area contributed by atoms with Gasteiger partial charge in [0.05, 0.1) is 6.04 Å². The van der Waals surface area contributed by atoms with Gasteiger partial charge >= 0.3 is 11.9 Å². The molecule has 1 aromatic rings. The van der Waals surface area contributed by atoms with E-state index in [1.165, 1.54) is 6.92 Å². The van der Waals surface area contributed by atoms with E-state index in [9.17, 15) is 28.8 Å². The highest BCUT2D eigenvalue weighted by Gasteiger charge is 2.30. The number of primary amides is 1. The van der Waals surface area contributed by atoms with Gasteiger partial charge in [-0.1, -0.05) is 30.3 Å². The molecule has 0 aliphatic rings. The second kappa shape index (κ2) is 14.3. The maximum absolute atomic E-state index is 13.1. The molecule has 0 radical (unpaired) electrons. The van der Waals surface area contributed by atoms with Crippen molar-refractivity contribution in [2.45, 2.75) is 63.2 Å². The van der Waals surface area contributed by atoms with Gasteiger partial charge in [0.1, 0.15) is 18.1 Å². The lowest BCUT2D eigenvalue weighted by Crippen LogP contribution is -2.57. The molecule has 0 saturated carbocycles. The number of aliphatic carboxylic acids is 2. The van der Waals surface area contributed by atoms with Gasteiger partial charge in [-0.2, -0.15) is 0 Å². The van der Waals surface area contributed by atoms with Crippen LogP contribution in [-0.4, -0.2) is 69.9 Å². The van der Waals surface area contributed by atoms with Crippen LogP contribution in [0.1, 0.15) is 38.2 Å². The first-order valence-corrected chi connectivity index (χ1v) is 10.8. The van der Waals surface area contributed by atoms with Crippen LogP contribution in [0.2, 0.25) is 0 Å². The molecule has 13 heteroatoms. The third-order valence-electron chi connectivity index (χ3n) is 4.96. The van der Waals surface area contributed by atoms with Gasteiger partial charge in [-0.25, -0.2) is 0 Å². The van der Waals surface area contributed by atoms with Crippen LogP contribution in [0.15, 0.2) is 30.3 Å². The van der Waals surface area contributed by atoms with Crippen molar-refractivity contribution in [3.05, 3.63) is 35.9 Å². The van der Waals surface area contributed by atoms with Crippen molar-refractivity contribution < 1.29 is 39.0 Å².